The van der Waals surface area contributed by atoms with Crippen LogP contribution in [0.4, 0.5) is 115 Å². The van der Waals surface area contributed by atoms with Crippen LogP contribution in [0.5, 0.6) is 0 Å². The summed E-state index contributed by atoms with van der Waals surface area (Å²) in [7, 11) is -5.07. The molecular formula is C68H42BrClF21N11O12S2. The zero-order chi connectivity index (χ0) is 90.1. The van der Waals surface area contributed by atoms with E-state index < -0.39 is 197 Å². The van der Waals surface area contributed by atoms with E-state index in [4.69, 9.17) is 65.6 Å². The van der Waals surface area contributed by atoms with Crippen molar-refractivity contribution in [2.24, 2.45) is 0 Å². The first kappa shape index (κ1) is 99.2. The van der Waals surface area contributed by atoms with Crippen molar-refractivity contribution < 1.29 is 147 Å². The van der Waals surface area contributed by atoms with E-state index in [0.717, 1.165) is 69.9 Å². The Bertz CT molecular complexity index is 5500. The van der Waals surface area contributed by atoms with E-state index in [1.807, 2.05) is 0 Å². The van der Waals surface area contributed by atoms with Crippen LogP contribution >= 0.6 is 27.5 Å². The second-order valence-corrected chi connectivity index (χ2v) is 27.2. The van der Waals surface area contributed by atoms with E-state index in [0.29, 0.717) is 42.2 Å². The SMILES string of the molecule is CC(=O)Nc1cc(C(F)(F)F)c(C#N)cc1Br.COC(=O)c1cc(C#N)c(C(F)(F)F)cc1Cl.COC(=O)c1cc(C#N)c(C(F)(F)F)cc1N.COC(=O)c1cc(C#N)c(C(F)(F)F)cc1S(C)(=O)=O.Cc1cc(C#N)c(C(F)(F)F)cc1N.N#Cc1cc2c(cc1C(F)(F)F)S(=O)(=O)CC2=O.N#Cc1ccc(N)cc1C(F)(F)F. The van der Waals surface area contributed by atoms with Crippen molar-refractivity contribution in [2.45, 2.75) is 66.9 Å². The molecular weight excluding hydrogens is 1740 g/mol. The topological polar surface area (TPSA) is 438 Å². The number of sulfone groups is 2. The smallest absolute Gasteiger partial charge is 0.417 e. The maximum atomic E-state index is 12.8. The largest absolute Gasteiger partial charge is 0.465 e. The fourth-order valence-electron chi connectivity index (χ4n) is 8.72. The van der Waals surface area contributed by atoms with Gasteiger partial charge in [0.2, 0.25) is 5.91 Å². The van der Waals surface area contributed by atoms with Gasteiger partial charge in [0, 0.05) is 40.3 Å². The molecule has 0 aromatic heterocycles. The fraction of sp³-hybridized carbons (Fsp3) is 0.206. The number of ketones is 1. The molecule has 1 aliphatic rings. The number of nitrogen functional groups attached to an aromatic ring is 3. The molecule has 614 valence electrons. The first-order valence-electron chi connectivity index (χ1n) is 29.4. The van der Waals surface area contributed by atoms with Gasteiger partial charge in [-0.05, 0) is 119 Å². The average Bonchev–Trinajstić information content (AvgIpc) is 1.59. The Kier molecular flexibility index (Phi) is 33.2. The lowest BCUT2D eigenvalue weighted by Gasteiger charge is -2.13. The molecule has 8 rings (SSSR count). The molecule has 1 amide bonds. The molecule has 116 heavy (non-hydrogen) atoms. The van der Waals surface area contributed by atoms with Crippen molar-refractivity contribution in [3.05, 3.63) is 206 Å². The third-order valence-electron chi connectivity index (χ3n) is 14.0. The van der Waals surface area contributed by atoms with E-state index in [-0.39, 0.29) is 50.0 Å². The summed E-state index contributed by atoms with van der Waals surface area (Å²) in [5.74, 6) is -5.09. The van der Waals surface area contributed by atoms with E-state index >= 15 is 0 Å². The number of ether oxygens (including phenoxy) is 3. The molecule has 23 nitrogen and oxygen atoms in total. The number of esters is 3. The third-order valence-corrected chi connectivity index (χ3v) is 17.7. The van der Waals surface area contributed by atoms with Crippen LogP contribution in [-0.4, -0.2) is 79.8 Å². The summed E-state index contributed by atoms with van der Waals surface area (Å²) in [6.07, 6.45) is -32.2. The molecule has 0 spiro atoms. The highest BCUT2D eigenvalue weighted by atomic mass is 79.9. The van der Waals surface area contributed by atoms with Gasteiger partial charge in [0.15, 0.2) is 25.5 Å². The summed E-state index contributed by atoms with van der Waals surface area (Å²) in [5.41, 5.74) is 1.93. The molecule has 7 aromatic carbocycles. The number of anilines is 4. The number of nitriles is 7. The summed E-state index contributed by atoms with van der Waals surface area (Å²) in [6, 6.07) is 20.9. The van der Waals surface area contributed by atoms with Gasteiger partial charge in [-0.3, -0.25) is 9.59 Å². The van der Waals surface area contributed by atoms with E-state index in [1.54, 1.807) is 6.92 Å². The van der Waals surface area contributed by atoms with Crippen molar-refractivity contribution in [3.8, 4) is 42.5 Å². The van der Waals surface area contributed by atoms with Gasteiger partial charge in [-0.2, -0.15) is 129 Å². The van der Waals surface area contributed by atoms with Gasteiger partial charge in [0.1, 0.15) is 5.75 Å². The number of halogens is 23. The van der Waals surface area contributed by atoms with Gasteiger partial charge in [-0.25, -0.2) is 31.2 Å². The lowest BCUT2D eigenvalue weighted by Crippen LogP contribution is -2.15. The molecule has 0 aliphatic carbocycles. The third kappa shape index (κ3) is 26.6. The predicted molar refractivity (Wildman–Crippen MR) is 362 cm³/mol. The molecule has 7 N–H and O–H groups in total. The fourth-order valence-corrected chi connectivity index (χ4v) is 11.7. The minimum Gasteiger partial charge on any atom is -0.465 e. The molecule has 1 heterocycles. The number of rotatable bonds is 5. The molecule has 0 saturated heterocycles. The van der Waals surface area contributed by atoms with Gasteiger partial charge in [-0.15, -0.1) is 0 Å². The van der Waals surface area contributed by atoms with Crippen LogP contribution in [0.15, 0.2) is 105 Å². The van der Waals surface area contributed by atoms with Crippen molar-refractivity contribution in [1.29, 1.82) is 36.8 Å². The summed E-state index contributed by atoms with van der Waals surface area (Å²) in [4.78, 5) is 54.4. The van der Waals surface area contributed by atoms with E-state index in [2.05, 4.69) is 35.5 Å². The van der Waals surface area contributed by atoms with Crippen LogP contribution in [0.1, 0.15) is 132 Å². The predicted octanol–water partition coefficient (Wildman–Crippen LogP) is 16.2. The van der Waals surface area contributed by atoms with Gasteiger partial charge in [-0.1, -0.05) is 11.6 Å². The lowest BCUT2D eigenvalue weighted by molar-refractivity contribution is -0.138. The van der Waals surface area contributed by atoms with Crippen LogP contribution in [0.25, 0.3) is 0 Å². The Morgan fingerprint density at radius 2 is 0.793 bits per heavy atom. The zero-order valence-corrected chi connectivity index (χ0v) is 62.1. The monoisotopic (exact) mass is 1780 g/mol. The Morgan fingerprint density at radius 3 is 1.19 bits per heavy atom. The Morgan fingerprint density at radius 1 is 0.466 bits per heavy atom. The van der Waals surface area contributed by atoms with E-state index in [9.17, 15) is 133 Å². The van der Waals surface area contributed by atoms with Crippen molar-refractivity contribution in [2.75, 3.05) is 55.9 Å². The van der Waals surface area contributed by atoms with Crippen LogP contribution in [-0.2, 0) is 81.9 Å². The van der Waals surface area contributed by atoms with E-state index in [1.165, 1.54) is 55.5 Å². The molecule has 7 aromatic rings. The molecule has 0 bridgehead atoms. The van der Waals surface area contributed by atoms with Gasteiger partial charge < -0.3 is 36.7 Å². The number of Topliss-reactive ketones (excluding diaryl/α,β-unsaturated/α-hetero) is 1. The lowest BCUT2D eigenvalue weighted by atomic mass is 10.0. The van der Waals surface area contributed by atoms with Crippen LogP contribution in [0, 0.1) is 86.2 Å². The Hall–Kier alpha value is -12.9. The molecule has 0 unspecified atom stereocenters. The number of benzene rings is 7. The molecule has 1 aliphatic heterocycles. The molecule has 0 atom stereocenters. The van der Waals surface area contributed by atoms with Gasteiger partial charge >= 0.3 is 61.1 Å². The number of fused-ring (bicyclic) bond motifs is 1. The zero-order valence-electron chi connectivity index (χ0n) is 58.1. The number of aryl methyl sites for hydroxylation is 1. The number of nitrogens with one attached hydrogen (secondary N) is 1. The minimum atomic E-state index is -4.92. The number of alkyl halides is 21. The van der Waals surface area contributed by atoms with Crippen molar-refractivity contribution in [3.63, 3.8) is 0 Å². The standard InChI is InChI=1S/C11H8F3NO4S.C10H6BrF3N2O.C10H5ClF3NO2.C10H7F3N2O2.C10H4F3NO3S.C9H7F3N2.C8H5F3N2/c1-19-10(16)7-3-6(5-15)8(11(12,13)14)4-9(7)20(2,17)18;1-5(17)16-9-3-7(10(12,13)14)6(4-15)2-8(9)11;1-17-9(16)6-2-5(4-15)7(3-8(6)11)10(12,13)14;1-17-9(16)6-2-5(4-14)7(3-8(6)15)10(11,12)13;11-10(12,13)7-2-9-6(1-5(7)3-14)8(15)4-18(9,16)17;1-5-2-6(4-13)7(3-8(5)14)9(10,11)12;9-8(10,11)7-3-6(13)2-1-5(7)4-12/h3-4H,1-2H3;2-3H,1H3,(H,16,17);2-3H,1H3;2-3H,15H2,1H3;1-2H,4H2;2-3H,14H2,1H3;1-3H,13H2. The van der Waals surface area contributed by atoms with Crippen molar-refractivity contribution >= 4 is 99.6 Å². The van der Waals surface area contributed by atoms with Crippen LogP contribution in [0.3, 0.4) is 0 Å². The van der Waals surface area contributed by atoms with Gasteiger partial charge in [0.25, 0.3) is 0 Å². The second-order valence-electron chi connectivity index (χ2n) is 22.0. The maximum Gasteiger partial charge on any atom is 0.417 e. The summed E-state index contributed by atoms with van der Waals surface area (Å²) >= 11 is 8.51. The first-order valence-corrected chi connectivity index (χ1v) is 34.1. The van der Waals surface area contributed by atoms with Crippen LogP contribution < -0.4 is 22.5 Å². The number of methoxy groups -OCH3 is 3. The molecule has 0 saturated carbocycles. The number of nitrogens with two attached hydrogens (primary N) is 3. The summed E-state index contributed by atoms with van der Waals surface area (Å²) in [6.45, 7) is 2.73. The number of amides is 1. The number of nitrogens with zero attached hydrogens (tertiary/aromatic N) is 7. The maximum absolute atomic E-state index is 12.8. The van der Waals surface area contributed by atoms with Gasteiger partial charge in [0.05, 0.1) is 179 Å². The summed E-state index contributed by atoms with van der Waals surface area (Å²) in [5, 5.41) is 61.9. The number of carbonyl (C=O) groups excluding carboxylic acids is 5. The highest BCUT2D eigenvalue weighted by Crippen LogP contribution is 2.42. The van der Waals surface area contributed by atoms with Crippen LogP contribution in [0.2, 0.25) is 5.02 Å². The first-order chi connectivity index (χ1) is 52.9. The average molecular weight is 1780 g/mol. The number of hydrogen-bond acceptors (Lipinski definition) is 22. The number of hydrogen-bond donors (Lipinski definition) is 4. The highest BCUT2D eigenvalue weighted by Gasteiger charge is 2.43. The number of carbonyl (C=O) groups is 5. The molecule has 0 fully saturated rings. The quantitative estimate of drug-likeness (QED) is 0.0538. The Labute approximate surface area is 652 Å². The second kappa shape index (κ2) is 38.8. The molecule has 0 radical (unpaired) electrons. The minimum absolute atomic E-state index is 0.00803. The Balaban J connectivity index is 0.000000461. The highest BCUT2D eigenvalue weighted by molar-refractivity contribution is 9.10. The normalized spacial score (nSPS) is 12.0. The molecule has 48 heteroatoms. The van der Waals surface area contributed by atoms with Crippen molar-refractivity contribution in [1.82, 2.24) is 0 Å². The summed E-state index contributed by atoms with van der Waals surface area (Å²) < 4.78 is 322.